The van der Waals surface area contributed by atoms with Crippen molar-refractivity contribution in [1.29, 1.82) is 0 Å². The second-order valence-corrected chi connectivity index (χ2v) is 3.10. The Balaban J connectivity index is 3.19. The molecule has 0 unspecified atom stereocenters. The fourth-order valence-corrected chi connectivity index (χ4v) is 1.11. The minimum atomic E-state index is -0.919. The summed E-state index contributed by atoms with van der Waals surface area (Å²) in [5, 5.41) is 17.5. The summed E-state index contributed by atoms with van der Waals surface area (Å²) < 4.78 is 0. The van der Waals surface area contributed by atoms with Crippen LogP contribution in [0.15, 0.2) is 0 Å². The summed E-state index contributed by atoms with van der Waals surface area (Å²) in [4.78, 5) is 10.1. The van der Waals surface area contributed by atoms with Crippen molar-refractivity contribution in [2.75, 3.05) is 0 Å². The largest absolute Gasteiger partial charge is 0.481 e. The van der Waals surface area contributed by atoms with Crippen LogP contribution < -0.4 is 0 Å². The average molecular weight is 174 g/mol. The van der Waals surface area contributed by atoms with E-state index in [2.05, 4.69) is 6.92 Å². The molecule has 0 aromatic carbocycles. The van der Waals surface area contributed by atoms with Gasteiger partial charge in [0.15, 0.2) is 0 Å². The summed E-state index contributed by atoms with van der Waals surface area (Å²) in [6, 6.07) is 0. The number of aliphatic carboxylic acids is 1. The van der Waals surface area contributed by atoms with E-state index in [1.165, 1.54) is 6.42 Å². The van der Waals surface area contributed by atoms with Crippen LogP contribution in [0.25, 0.3) is 0 Å². The molecule has 0 fully saturated rings. The van der Waals surface area contributed by atoms with E-state index in [1.54, 1.807) is 0 Å². The van der Waals surface area contributed by atoms with Crippen molar-refractivity contribution in [3.8, 4) is 0 Å². The lowest BCUT2D eigenvalue weighted by molar-refractivity contribution is -0.139. The van der Waals surface area contributed by atoms with Gasteiger partial charge >= 0.3 is 5.97 Å². The van der Waals surface area contributed by atoms with Gasteiger partial charge < -0.3 is 10.2 Å². The lowest BCUT2D eigenvalue weighted by atomic mass is 10.1. The van der Waals surface area contributed by atoms with Crippen molar-refractivity contribution in [2.45, 2.75) is 51.6 Å². The van der Waals surface area contributed by atoms with E-state index in [0.717, 1.165) is 19.3 Å². The minimum Gasteiger partial charge on any atom is -0.481 e. The summed E-state index contributed by atoms with van der Waals surface area (Å²) in [6.07, 6.45) is 4.20. The molecule has 0 aliphatic heterocycles. The molecular formula is C9H18O3. The Bertz CT molecular complexity index is 123. The van der Waals surface area contributed by atoms with E-state index in [-0.39, 0.29) is 6.42 Å². The van der Waals surface area contributed by atoms with Gasteiger partial charge in [0.05, 0.1) is 12.5 Å². The zero-order chi connectivity index (χ0) is 9.40. The molecule has 0 amide bonds. The van der Waals surface area contributed by atoms with Gasteiger partial charge in [-0.05, 0) is 6.42 Å². The highest BCUT2D eigenvalue weighted by Crippen LogP contribution is 2.07. The molecule has 0 heterocycles. The van der Waals surface area contributed by atoms with Crippen LogP contribution in [0.5, 0.6) is 0 Å². The van der Waals surface area contributed by atoms with Gasteiger partial charge in [0.25, 0.3) is 0 Å². The molecule has 0 saturated heterocycles. The van der Waals surface area contributed by atoms with E-state index in [4.69, 9.17) is 10.2 Å². The first-order valence-electron chi connectivity index (χ1n) is 4.56. The van der Waals surface area contributed by atoms with Crippen LogP contribution in [0.2, 0.25) is 0 Å². The Morgan fingerprint density at radius 3 is 2.50 bits per heavy atom. The normalized spacial score (nSPS) is 12.8. The number of carboxylic acids is 1. The Morgan fingerprint density at radius 1 is 1.33 bits per heavy atom. The molecule has 0 aliphatic carbocycles. The molecular weight excluding hydrogens is 156 g/mol. The van der Waals surface area contributed by atoms with E-state index >= 15 is 0 Å². The maximum Gasteiger partial charge on any atom is 0.305 e. The lowest BCUT2D eigenvalue weighted by Crippen LogP contribution is -2.12. The molecule has 0 aromatic rings. The molecule has 2 N–H and O–H groups in total. The second-order valence-electron chi connectivity index (χ2n) is 3.10. The fourth-order valence-electron chi connectivity index (χ4n) is 1.11. The van der Waals surface area contributed by atoms with Crippen LogP contribution in [0.4, 0.5) is 0 Å². The van der Waals surface area contributed by atoms with Crippen molar-refractivity contribution in [3.05, 3.63) is 0 Å². The number of carbonyl (C=O) groups is 1. The van der Waals surface area contributed by atoms with E-state index < -0.39 is 12.1 Å². The van der Waals surface area contributed by atoms with Crippen LogP contribution in [0.1, 0.15) is 45.4 Å². The van der Waals surface area contributed by atoms with Crippen molar-refractivity contribution in [1.82, 2.24) is 0 Å². The highest BCUT2D eigenvalue weighted by molar-refractivity contribution is 5.67. The molecule has 0 bridgehead atoms. The number of hydrogen-bond donors (Lipinski definition) is 2. The Morgan fingerprint density at radius 2 is 2.00 bits per heavy atom. The number of aliphatic hydroxyl groups excluding tert-OH is 1. The average Bonchev–Trinajstić information content (AvgIpc) is 1.97. The standard InChI is InChI=1S/C9H18O3/c1-2-3-4-5-6-8(10)7-9(11)12/h8,10H,2-7H2,1H3,(H,11,12)/t8-/m1/s1. The molecule has 0 radical (unpaired) electrons. The predicted molar refractivity (Wildman–Crippen MR) is 47.0 cm³/mol. The Kier molecular flexibility index (Phi) is 6.76. The number of carboxylic acid groups (broad SMARTS) is 1. The van der Waals surface area contributed by atoms with Crippen molar-refractivity contribution < 1.29 is 15.0 Å². The van der Waals surface area contributed by atoms with Gasteiger partial charge in [0.2, 0.25) is 0 Å². The highest BCUT2D eigenvalue weighted by Gasteiger charge is 2.07. The van der Waals surface area contributed by atoms with E-state index in [9.17, 15) is 4.79 Å². The maximum absolute atomic E-state index is 10.1. The summed E-state index contributed by atoms with van der Waals surface area (Å²) in [5.74, 6) is -0.919. The van der Waals surface area contributed by atoms with Gasteiger partial charge in [-0.2, -0.15) is 0 Å². The van der Waals surface area contributed by atoms with Crippen LogP contribution in [-0.2, 0) is 4.79 Å². The SMILES string of the molecule is CCCCCC[C@@H](O)CC(=O)O. The van der Waals surface area contributed by atoms with Gasteiger partial charge in [-0.1, -0.05) is 32.6 Å². The second kappa shape index (κ2) is 7.10. The molecule has 72 valence electrons. The maximum atomic E-state index is 10.1. The van der Waals surface area contributed by atoms with Crippen molar-refractivity contribution in [2.24, 2.45) is 0 Å². The summed E-state index contributed by atoms with van der Waals surface area (Å²) in [6.45, 7) is 2.12. The lowest BCUT2D eigenvalue weighted by Gasteiger charge is -2.06. The minimum absolute atomic E-state index is 0.119. The van der Waals surface area contributed by atoms with E-state index in [0.29, 0.717) is 6.42 Å². The Hall–Kier alpha value is -0.570. The molecule has 3 heteroatoms. The fraction of sp³-hybridized carbons (Fsp3) is 0.889. The van der Waals surface area contributed by atoms with Crippen LogP contribution in [0, 0.1) is 0 Å². The first-order valence-corrected chi connectivity index (χ1v) is 4.56. The summed E-state index contributed by atoms with van der Waals surface area (Å²) in [7, 11) is 0. The van der Waals surface area contributed by atoms with Crippen LogP contribution >= 0.6 is 0 Å². The quantitative estimate of drug-likeness (QED) is 0.578. The molecule has 0 spiro atoms. The molecule has 0 aromatic heterocycles. The van der Waals surface area contributed by atoms with Crippen molar-refractivity contribution in [3.63, 3.8) is 0 Å². The first kappa shape index (κ1) is 11.4. The van der Waals surface area contributed by atoms with E-state index in [1.807, 2.05) is 0 Å². The van der Waals surface area contributed by atoms with Crippen LogP contribution in [0.3, 0.4) is 0 Å². The first-order chi connectivity index (χ1) is 5.66. The monoisotopic (exact) mass is 174 g/mol. The third-order valence-corrected chi connectivity index (χ3v) is 1.80. The third kappa shape index (κ3) is 7.54. The van der Waals surface area contributed by atoms with Crippen molar-refractivity contribution >= 4 is 5.97 Å². The predicted octanol–water partition coefficient (Wildman–Crippen LogP) is 1.79. The molecule has 1 atom stereocenters. The van der Waals surface area contributed by atoms with Gasteiger partial charge in [-0.3, -0.25) is 4.79 Å². The van der Waals surface area contributed by atoms with Crippen LogP contribution in [-0.4, -0.2) is 22.3 Å². The number of unbranched alkanes of at least 4 members (excludes halogenated alkanes) is 3. The molecule has 0 rings (SSSR count). The third-order valence-electron chi connectivity index (χ3n) is 1.80. The summed E-state index contributed by atoms with van der Waals surface area (Å²) >= 11 is 0. The number of hydrogen-bond acceptors (Lipinski definition) is 2. The number of rotatable bonds is 7. The zero-order valence-corrected chi connectivity index (χ0v) is 7.62. The summed E-state index contributed by atoms with van der Waals surface area (Å²) in [5.41, 5.74) is 0. The Labute approximate surface area is 73.4 Å². The molecule has 12 heavy (non-hydrogen) atoms. The molecule has 3 nitrogen and oxygen atoms in total. The van der Waals surface area contributed by atoms with Gasteiger partial charge in [-0.25, -0.2) is 0 Å². The molecule has 0 saturated carbocycles. The smallest absolute Gasteiger partial charge is 0.305 e. The van der Waals surface area contributed by atoms with Gasteiger partial charge in [0.1, 0.15) is 0 Å². The van der Waals surface area contributed by atoms with Gasteiger partial charge in [0, 0.05) is 0 Å². The molecule has 0 aliphatic rings. The van der Waals surface area contributed by atoms with Gasteiger partial charge in [-0.15, -0.1) is 0 Å². The topological polar surface area (TPSA) is 57.5 Å². The highest BCUT2D eigenvalue weighted by atomic mass is 16.4. The zero-order valence-electron chi connectivity index (χ0n) is 7.62. The number of aliphatic hydroxyl groups is 1.